The molecule has 2 radical (unpaired) electrons. The molecule has 0 aromatic heterocycles. The molecule has 2 aromatic carbocycles. The average molecular weight is 360 g/mol. The number of rotatable bonds is 2. The molecule has 0 bridgehead atoms. The fourth-order valence-corrected chi connectivity index (χ4v) is 3.19. The third kappa shape index (κ3) is 2.59. The minimum absolute atomic E-state index is 0.177. The first-order valence-electron chi connectivity index (χ1n) is 6.37. The van der Waals surface area contributed by atoms with Gasteiger partial charge in [-0.05, 0) is 30.2 Å². The molecule has 0 fully saturated rings. The largest absolute Gasteiger partial charge is 0.277 e. The SMILES string of the molecule is [B]C1Cc2ccccc2N(N(I)c2ccccc2)C1. The van der Waals surface area contributed by atoms with E-state index in [1.807, 2.05) is 6.07 Å². The first-order valence-corrected chi connectivity index (χ1v) is 7.34. The van der Waals surface area contributed by atoms with Crippen LogP contribution in [0, 0.1) is 0 Å². The maximum atomic E-state index is 6.18. The number of fused-ring (bicyclic) bond motifs is 1. The van der Waals surface area contributed by atoms with Gasteiger partial charge in [-0.25, -0.2) is 3.22 Å². The summed E-state index contributed by atoms with van der Waals surface area (Å²) >= 11 is 2.34. The summed E-state index contributed by atoms with van der Waals surface area (Å²) < 4.78 is 2.15. The highest BCUT2D eigenvalue weighted by Crippen LogP contribution is 2.35. The zero-order valence-electron chi connectivity index (χ0n) is 10.5. The Morgan fingerprint density at radius 3 is 2.53 bits per heavy atom. The minimum atomic E-state index is 0.177. The molecule has 1 aliphatic heterocycles. The van der Waals surface area contributed by atoms with Crippen molar-refractivity contribution in [3.63, 3.8) is 0 Å². The van der Waals surface area contributed by atoms with Crippen LogP contribution in [0.2, 0.25) is 5.82 Å². The molecule has 1 unspecified atom stereocenters. The van der Waals surface area contributed by atoms with Crippen LogP contribution in [-0.4, -0.2) is 14.4 Å². The number of benzene rings is 2. The molecule has 1 aliphatic rings. The maximum absolute atomic E-state index is 6.18. The van der Waals surface area contributed by atoms with Crippen LogP contribution in [0.1, 0.15) is 5.56 Å². The molecule has 0 amide bonds. The lowest BCUT2D eigenvalue weighted by Gasteiger charge is -2.40. The van der Waals surface area contributed by atoms with E-state index in [0.29, 0.717) is 0 Å². The van der Waals surface area contributed by atoms with Crippen LogP contribution >= 0.6 is 22.9 Å². The van der Waals surface area contributed by atoms with E-state index >= 15 is 0 Å². The molecule has 1 atom stereocenters. The third-order valence-corrected chi connectivity index (χ3v) is 4.42. The summed E-state index contributed by atoms with van der Waals surface area (Å²) in [5, 5.41) is 2.25. The Hall–Kier alpha value is -1.17. The molecule has 94 valence electrons. The molecule has 0 saturated heterocycles. The first kappa shape index (κ1) is 12.8. The van der Waals surface area contributed by atoms with Gasteiger partial charge >= 0.3 is 0 Å². The Kier molecular flexibility index (Phi) is 3.68. The van der Waals surface area contributed by atoms with Gasteiger partial charge in [-0.2, -0.15) is 0 Å². The monoisotopic (exact) mass is 360 g/mol. The molecule has 0 saturated carbocycles. The molecular weight excluding hydrogens is 346 g/mol. The number of para-hydroxylation sites is 2. The van der Waals surface area contributed by atoms with Crippen LogP contribution in [0.4, 0.5) is 11.4 Å². The molecule has 2 nitrogen and oxygen atoms in total. The Bertz CT molecular complexity index is 561. The van der Waals surface area contributed by atoms with Gasteiger partial charge < -0.3 is 0 Å². The summed E-state index contributed by atoms with van der Waals surface area (Å²) in [5.41, 5.74) is 3.73. The summed E-state index contributed by atoms with van der Waals surface area (Å²) in [7, 11) is 6.18. The van der Waals surface area contributed by atoms with Crippen molar-refractivity contribution < 1.29 is 0 Å². The zero-order chi connectivity index (χ0) is 13.2. The zero-order valence-corrected chi connectivity index (χ0v) is 12.7. The van der Waals surface area contributed by atoms with Crippen LogP contribution in [0.25, 0.3) is 0 Å². The smallest absolute Gasteiger partial charge is 0.0830 e. The number of hydrazine groups is 1. The number of halogens is 1. The van der Waals surface area contributed by atoms with Crippen LogP contribution in [0.15, 0.2) is 54.6 Å². The predicted molar refractivity (Wildman–Crippen MR) is 89.9 cm³/mol. The second kappa shape index (κ2) is 5.45. The van der Waals surface area contributed by atoms with Gasteiger partial charge in [-0.3, -0.25) is 5.01 Å². The summed E-state index contributed by atoms with van der Waals surface area (Å²) in [6.45, 7) is 0.842. The number of nitrogens with zero attached hydrogens (tertiary/aromatic N) is 2. The molecule has 1 heterocycles. The minimum Gasteiger partial charge on any atom is -0.277 e. The molecular formula is C15H14BIN2. The molecule has 0 spiro atoms. The predicted octanol–water partition coefficient (Wildman–Crippen LogP) is 3.78. The summed E-state index contributed by atoms with van der Waals surface area (Å²) in [5.74, 6) is 0.177. The van der Waals surface area contributed by atoms with Crippen LogP contribution in [0.5, 0.6) is 0 Å². The standard InChI is InChI=1S/C15H14BIN2/c16-13-10-12-6-4-5-9-15(12)18(11-13)19(17)14-7-2-1-3-8-14/h1-9,13H,10-11H2. The average Bonchev–Trinajstić information content (AvgIpc) is 2.46. The van der Waals surface area contributed by atoms with Gasteiger partial charge in [0, 0.05) is 6.54 Å². The lowest BCUT2D eigenvalue weighted by Crippen LogP contribution is -2.41. The van der Waals surface area contributed by atoms with E-state index in [1.165, 1.54) is 11.3 Å². The quantitative estimate of drug-likeness (QED) is 0.457. The first-order chi connectivity index (χ1) is 9.25. The van der Waals surface area contributed by atoms with Gasteiger partial charge in [0.1, 0.15) is 0 Å². The van der Waals surface area contributed by atoms with E-state index in [1.54, 1.807) is 0 Å². The van der Waals surface area contributed by atoms with Gasteiger partial charge in [0.15, 0.2) is 0 Å². The van der Waals surface area contributed by atoms with Crippen LogP contribution < -0.4 is 8.23 Å². The van der Waals surface area contributed by atoms with E-state index in [2.05, 4.69) is 79.6 Å². The van der Waals surface area contributed by atoms with Crippen molar-refractivity contribution in [2.45, 2.75) is 12.2 Å². The topological polar surface area (TPSA) is 6.48 Å². The van der Waals surface area contributed by atoms with Gasteiger partial charge in [0.25, 0.3) is 0 Å². The van der Waals surface area contributed by atoms with Crippen molar-refractivity contribution >= 4 is 42.1 Å². The van der Waals surface area contributed by atoms with Crippen LogP contribution in [0.3, 0.4) is 0 Å². The van der Waals surface area contributed by atoms with Crippen molar-refractivity contribution in [3.8, 4) is 0 Å². The maximum Gasteiger partial charge on any atom is 0.0830 e. The van der Waals surface area contributed by atoms with Crippen molar-refractivity contribution in [2.75, 3.05) is 14.8 Å². The number of anilines is 2. The van der Waals surface area contributed by atoms with E-state index in [-0.39, 0.29) is 5.82 Å². The summed E-state index contributed by atoms with van der Waals surface area (Å²) in [6.07, 6.45) is 0.950. The van der Waals surface area contributed by atoms with E-state index < -0.39 is 0 Å². The van der Waals surface area contributed by atoms with Gasteiger partial charge in [-0.15, -0.1) is 0 Å². The number of hydrogen-bond donors (Lipinski definition) is 0. The highest BCUT2D eigenvalue weighted by atomic mass is 127. The van der Waals surface area contributed by atoms with Gasteiger partial charge in [0.05, 0.1) is 42.1 Å². The van der Waals surface area contributed by atoms with E-state index in [4.69, 9.17) is 7.85 Å². The van der Waals surface area contributed by atoms with Crippen molar-refractivity contribution in [3.05, 3.63) is 60.2 Å². The van der Waals surface area contributed by atoms with E-state index in [0.717, 1.165) is 18.7 Å². The van der Waals surface area contributed by atoms with Crippen LogP contribution in [-0.2, 0) is 6.42 Å². The van der Waals surface area contributed by atoms with Gasteiger partial charge in [0.2, 0.25) is 0 Å². The fraction of sp³-hybridized carbons (Fsp3) is 0.200. The van der Waals surface area contributed by atoms with Gasteiger partial charge in [-0.1, -0.05) is 42.2 Å². The highest BCUT2D eigenvalue weighted by molar-refractivity contribution is 14.1. The molecule has 19 heavy (non-hydrogen) atoms. The van der Waals surface area contributed by atoms with Crippen molar-refractivity contribution in [1.82, 2.24) is 0 Å². The molecule has 0 aliphatic carbocycles. The molecule has 0 N–H and O–H groups in total. The highest BCUT2D eigenvalue weighted by Gasteiger charge is 2.24. The molecule has 4 heteroatoms. The third-order valence-electron chi connectivity index (χ3n) is 3.34. The normalized spacial score (nSPS) is 17.9. The van der Waals surface area contributed by atoms with E-state index in [9.17, 15) is 0 Å². The molecule has 2 aromatic rings. The summed E-state index contributed by atoms with van der Waals surface area (Å²) in [4.78, 5) is 0. The second-order valence-corrected chi connectivity index (χ2v) is 5.68. The Morgan fingerprint density at radius 1 is 1.05 bits per heavy atom. The lowest BCUT2D eigenvalue weighted by molar-refractivity contribution is 0.721. The Labute approximate surface area is 129 Å². The molecule has 3 rings (SSSR count). The number of hydrogen-bond acceptors (Lipinski definition) is 2. The fourth-order valence-electron chi connectivity index (χ4n) is 2.46. The van der Waals surface area contributed by atoms with Crippen molar-refractivity contribution in [1.29, 1.82) is 0 Å². The Balaban J connectivity index is 1.97. The second-order valence-electron chi connectivity index (χ2n) is 4.77. The van der Waals surface area contributed by atoms with Crippen molar-refractivity contribution in [2.24, 2.45) is 0 Å². The Morgan fingerprint density at radius 2 is 1.74 bits per heavy atom. The summed E-state index contributed by atoms with van der Waals surface area (Å²) in [6, 6.07) is 18.8. The lowest BCUT2D eigenvalue weighted by atomic mass is 9.79.